The fourth-order valence-corrected chi connectivity index (χ4v) is 7.43. The highest BCUT2D eigenvalue weighted by Gasteiger charge is 2.56. The van der Waals surface area contributed by atoms with Gasteiger partial charge in [0, 0.05) is 6.61 Å². The molecule has 1 aromatic carbocycles. The van der Waals surface area contributed by atoms with Gasteiger partial charge in [0.05, 0.1) is 37.1 Å². The van der Waals surface area contributed by atoms with E-state index in [-0.39, 0.29) is 24.6 Å². The van der Waals surface area contributed by atoms with Crippen LogP contribution in [0.2, 0.25) is 0 Å². The third-order valence-electron chi connectivity index (χ3n) is 9.70. The molecule has 0 spiro atoms. The van der Waals surface area contributed by atoms with Gasteiger partial charge in [0.2, 0.25) is 0 Å². The van der Waals surface area contributed by atoms with E-state index in [1.54, 1.807) is 12.1 Å². The predicted molar refractivity (Wildman–Crippen MR) is 199 cm³/mol. The lowest BCUT2D eigenvalue weighted by Gasteiger charge is -2.27. The van der Waals surface area contributed by atoms with Crippen LogP contribution in [-0.2, 0) is 40.0 Å². The molecule has 6 atom stereocenters. The smallest absolute Gasteiger partial charge is 0.387 e. The number of unbranched alkanes of at least 4 members (excludes halogenated alkanes) is 13. The molecule has 300 valence electrons. The molecular formula is C38H57FN5O9P. The van der Waals surface area contributed by atoms with Gasteiger partial charge in [-0.1, -0.05) is 90.4 Å². The number of rotatable bonds is 26. The minimum absolute atomic E-state index is 0.00944. The van der Waals surface area contributed by atoms with E-state index in [2.05, 4.69) is 17.0 Å². The maximum absolute atomic E-state index is 14.0. The first-order valence-corrected chi connectivity index (χ1v) is 20.6. The summed E-state index contributed by atoms with van der Waals surface area (Å²) in [6.45, 7) is 3.53. The molecule has 54 heavy (non-hydrogen) atoms. The number of aromatic nitrogens is 3. The number of nitrogens with zero attached hydrogens (tertiary/aromatic N) is 4. The highest BCUT2D eigenvalue weighted by molar-refractivity contribution is 7.47. The quantitative estimate of drug-likeness (QED) is 0.0488. The molecule has 1 aliphatic heterocycles. The summed E-state index contributed by atoms with van der Waals surface area (Å²) in [5.41, 5.74) is 5.52. The molecule has 1 unspecified atom stereocenters. The maximum Gasteiger partial charge on any atom is 0.474 e. The molecule has 4 rings (SSSR count). The van der Waals surface area contributed by atoms with Gasteiger partial charge in [0.25, 0.3) is 0 Å². The standard InChI is InChI=1S/C38H57FN5O9P/c1-3-4-5-6-7-8-9-10-11-12-13-14-15-16-19-49-25-31(50-24-29-20-28(23-40)21-30(39)22-29)26-51-54(47,48)53-37-34(45)35(46)38(2,52-37)33-18-17-32-36(41)42-27-43-44(32)33/h17-18,20-22,27,31,34-35,37,45-46H,3-16,19,24-26H2,1-2H3,(H,47,48)(H2,41,42,43)/t31-,34+,35-,37-,38+/m1/s1. The average molecular weight is 778 g/mol. The summed E-state index contributed by atoms with van der Waals surface area (Å²) < 4.78 is 56.6. The molecule has 0 amide bonds. The summed E-state index contributed by atoms with van der Waals surface area (Å²) in [6, 6.07) is 8.89. The lowest BCUT2D eigenvalue weighted by molar-refractivity contribution is -0.157. The van der Waals surface area contributed by atoms with Crippen molar-refractivity contribution in [3.63, 3.8) is 0 Å². The van der Waals surface area contributed by atoms with E-state index >= 15 is 0 Å². The van der Waals surface area contributed by atoms with Crippen molar-refractivity contribution in [3.05, 3.63) is 59.3 Å². The van der Waals surface area contributed by atoms with Crippen LogP contribution in [0.3, 0.4) is 0 Å². The first-order chi connectivity index (χ1) is 26.0. The van der Waals surface area contributed by atoms with Crippen LogP contribution >= 0.6 is 7.82 Å². The molecule has 1 aliphatic rings. The monoisotopic (exact) mass is 777 g/mol. The van der Waals surface area contributed by atoms with Crippen molar-refractivity contribution in [2.24, 2.45) is 0 Å². The second kappa shape index (κ2) is 21.9. The summed E-state index contributed by atoms with van der Waals surface area (Å²) in [5.74, 6) is -0.423. The Kier molecular flexibility index (Phi) is 17.7. The van der Waals surface area contributed by atoms with Gasteiger partial charge in [0.15, 0.2) is 12.1 Å². The van der Waals surface area contributed by atoms with Crippen LogP contribution in [0.15, 0.2) is 36.7 Å². The van der Waals surface area contributed by atoms with Gasteiger partial charge < -0.3 is 35.1 Å². The van der Waals surface area contributed by atoms with Crippen molar-refractivity contribution in [3.8, 4) is 6.07 Å². The molecular weight excluding hydrogens is 720 g/mol. The number of anilines is 1. The Morgan fingerprint density at radius 3 is 2.31 bits per heavy atom. The number of aliphatic hydroxyl groups is 2. The Morgan fingerprint density at radius 2 is 1.67 bits per heavy atom. The minimum atomic E-state index is -4.93. The molecule has 3 heterocycles. The van der Waals surface area contributed by atoms with Crippen LogP contribution in [0.4, 0.5) is 10.2 Å². The summed E-state index contributed by atoms with van der Waals surface area (Å²) in [5, 5.41) is 35.1. The molecule has 0 radical (unpaired) electrons. The second-order valence-electron chi connectivity index (χ2n) is 14.1. The molecule has 1 fully saturated rings. The molecule has 14 nitrogen and oxygen atoms in total. The van der Waals surface area contributed by atoms with Crippen LogP contribution in [0.1, 0.15) is 121 Å². The molecule has 5 N–H and O–H groups in total. The second-order valence-corrected chi connectivity index (χ2v) is 15.5. The van der Waals surface area contributed by atoms with Gasteiger partial charge in [-0.2, -0.15) is 10.4 Å². The van der Waals surface area contributed by atoms with E-state index < -0.39 is 50.4 Å². The number of ether oxygens (including phenoxy) is 3. The third kappa shape index (κ3) is 13.0. The minimum Gasteiger partial charge on any atom is -0.387 e. The number of phosphoric acid groups is 1. The summed E-state index contributed by atoms with van der Waals surface area (Å²) in [6.07, 6.45) is 12.5. The number of hydrogen-bond donors (Lipinski definition) is 4. The summed E-state index contributed by atoms with van der Waals surface area (Å²) in [4.78, 5) is 14.6. The van der Waals surface area contributed by atoms with Crippen molar-refractivity contribution in [2.75, 3.05) is 25.6 Å². The van der Waals surface area contributed by atoms with Gasteiger partial charge in [0.1, 0.15) is 41.6 Å². The summed E-state index contributed by atoms with van der Waals surface area (Å²) >= 11 is 0. The fraction of sp³-hybridized carbons (Fsp3) is 0.658. The number of nitrogens with two attached hydrogens (primary N) is 1. The van der Waals surface area contributed by atoms with Gasteiger partial charge in [-0.25, -0.2) is 18.5 Å². The van der Waals surface area contributed by atoms with Crippen LogP contribution in [0.5, 0.6) is 0 Å². The zero-order valence-electron chi connectivity index (χ0n) is 31.5. The molecule has 0 saturated carbocycles. The van der Waals surface area contributed by atoms with Crippen LogP contribution in [0.25, 0.3) is 5.52 Å². The number of hydrogen-bond acceptors (Lipinski definition) is 12. The van der Waals surface area contributed by atoms with Gasteiger partial charge in [-0.3, -0.25) is 9.05 Å². The normalized spacial score (nSPS) is 21.7. The fourth-order valence-electron chi connectivity index (χ4n) is 6.59. The Balaban J connectivity index is 1.24. The van der Waals surface area contributed by atoms with E-state index in [1.165, 1.54) is 101 Å². The van der Waals surface area contributed by atoms with Crippen LogP contribution in [0, 0.1) is 17.1 Å². The van der Waals surface area contributed by atoms with Crippen molar-refractivity contribution in [2.45, 2.75) is 141 Å². The van der Waals surface area contributed by atoms with Gasteiger partial charge in [-0.15, -0.1) is 0 Å². The number of phosphoric ester groups is 1. The molecule has 16 heteroatoms. The van der Waals surface area contributed by atoms with Crippen molar-refractivity contribution < 1.29 is 47.3 Å². The summed E-state index contributed by atoms with van der Waals surface area (Å²) in [7, 11) is -4.93. The molecule has 2 aromatic heterocycles. The lowest BCUT2D eigenvalue weighted by Crippen LogP contribution is -2.39. The Hall–Kier alpha value is -3.03. The Morgan fingerprint density at radius 1 is 1.02 bits per heavy atom. The first kappa shape index (κ1) is 43.7. The number of halogens is 1. The molecule has 0 bridgehead atoms. The number of nitrogen functional groups attached to an aromatic ring is 1. The highest BCUT2D eigenvalue weighted by Crippen LogP contribution is 2.50. The first-order valence-electron chi connectivity index (χ1n) is 19.1. The van der Waals surface area contributed by atoms with Crippen molar-refractivity contribution in [1.29, 1.82) is 5.26 Å². The van der Waals surface area contributed by atoms with E-state index in [0.29, 0.717) is 23.4 Å². The largest absolute Gasteiger partial charge is 0.474 e. The van der Waals surface area contributed by atoms with Crippen LogP contribution in [-0.4, -0.2) is 74.1 Å². The SMILES string of the molecule is CCCCCCCCCCCCCCCCOC[C@H](COP(=O)(O)O[C@H]1O[C@@](C)(c2ccc3c(N)ncnn23)[C@H](O)[C@@H]1O)OCc1cc(F)cc(C#N)c1. The number of aliphatic hydroxyl groups excluding tert-OH is 2. The van der Waals surface area contributed by atoms with Crippen molar-refractivity contribution in [1.82, 2.24) is 14.6 Å². The molecule has 0 aliphatic carbocycles. The van der Waals surface area contributed by atoms with E-state index in [9.17, 15) is 29.3 Å². The predicted octanol–water partition coefficient (Wildman–Crippen LogP) is 6.83. The maximum atomic E-state index is 14.0. The van der Waals surface area contributed by atoms with E-state index in [4.69, 9.17) is 29.0 Å². The zero-order chi connectivity index (χ0) is 39.0. The number of nitriles is 1. The molecule has 1 saturated heterocycles. The number of fused-ring (bicyclic) bond motifs is 1. The van der Waals surface area contributed by atoms with Crippen molar-refractivity contribution >= 4 is 19.2 Å². The average Bonchev–Trinajstić information content (AvgIpc) is 3.68. The van der Waals surface area contributed by atoms with E-state index in [1.807, 2.05) is 6.07 Å². The van der Waals surface area contributed by atoms with Gasteiger partial charge >= 0.3 is 7.82 Å². The topological polar surface area (TPSA) is 204 Å². The zero-order valence-corrected chi connectivity index (χ0v) is 32.4. The number of benzene rings is 1. The van der Waals surface area contributed by atoms with E-state index in [0.717, 1.165) is 25.3 Å². The third-order valence-corrected chi connectivity index (χ3v) is 10.6. The Bertz CT molecular complexity index is 1680. The van der Waals surface area contributed by atoms with Crippen LogP contribution < -0.4 is 5.73 Å². The Labute approximate surface area is 317 Å². The molecule has 3 aromatic rings. The highest BCUT2D eigenvalue weighted by atomic mass is 31.2. The van der Waals surface area contributed by atoms with Gasteiger partial charge in [-0.05, 0) is 49.2 Å². The lowest BCUT2D eigenvalue weighted by atomic mass is 9.94.